The Labute approximate surface area is 80.3 Å². The van der Waals surface area contributed by atoms with Gasteiger partial charge in [0.25, 0.3) is 0 Å². The van der Waals surface area contributed by atoms with Crippen LogP contribution in [0.3, 0.4) is 0 Å². The van der Waals surface area contributed by atoms with Crippen molar-refractivity contribution in [3.05, 3.63) is 35.5 Å². The summed E-state index contributed by atoms with van der Waals surface area (Å²) < 4.78 is 0. The molecule has 1 heterocycles. The molecule has 0 aliphatic heterocycles. The summed E-state index contributed by atoms with van der Waals surface area (Å²) in [7, 11) is 0. The van der Waals surface area contributed by atoms with Crippen LogP contribution in [0.4, 0.5) is 0 Å². The predicted molar refractivity (Wildman–Crippen MR) is 53.1 cm³/mol. The summed E-state index contributed by atoms with van der Waals surface area (Å²) in [6, 6.07) is 7.21. The molecule has 4 heteroatoms. The van der Waals surface area contributed by atoms with Crippen LogP contribution < -0.4 is 5.73 Å². The van der Waals surface area contributed by atoms with E-state index in [1.54, 1.807) is 6.07 Å². The Hall–Kier alpha value is -1.81. The third-order valence-corrected chi connectivity index (χ3v) is 2.19. The summed E-state index contributed by atoms with van der Waals surface area (Å²) in [5.41, 5.74) is 7.47. The van der Waals surface area contributed by atoms with Crippen molar-refractivity contribution in [1.82, 2.24) is 4.98 Å². The Morgan fingerprint density at radius 3 is 2.93 bits per heavy atom. The van der Waals surface area contributed by atoms with Gasteiger partial charge in [-0.05, 0) is 11.6 Å². The number of H-pyrrole nitrogens is 1. The number of hydrogen-bond acceptors (Lipinski definition) is 2. The maximum atomic E-state index is 10.7. The molecule has 0 aliphatic carbocycles. The lowest BCUT2D eigenvalue weighted by molar-refractivity contribution is 0.0691. The monoisotopic (exact) mass is 190 g/mol. The zero-order valence-electron chi connectivity index (χ0n) is 7.45. The van der Waals surface area contributed by atoms with Crippen molar-refractivity contribution in [2.75, 3.05) is 0 Å². The second-order valence-corrected chi connectivity index (χ2v) is 3.07. The molecular weight excluding hydrogens is 180 g/mol. The lowest BCUT2D eigenvalue weighted by atomic mass is 10.1. The van der Waals surface area contributed by atoms with Gasteiger partial charge in [-0.25, -0.2) is 4.79 Å². The first-order valence-electron chi connectivity index (χ1n) is 4.26. The molecule has 72 valence electrons. The number of carboxylic acid groups (broad SMARTS) is 1. The molecule has 0 bridgehead atoms. The Morgan fingerprint density at radius 1 is 1.50 bits per heavy atom. The van der Waals surface area contributed by atoms with E-state index in [-0.39, 0.29) is 5.69 Å². The molecule has 0 saturated heterocycles. The standard InChI is InChI=1S/C10H10N2O2/c11-5-7-3-1-2-6-4-8(10(13)14)12-9(6)7/h1-4,12H,5,11H2,(H,13,14). The van der Waals surface area contributed by atoms with E-state index in [4.69, 9.17) is 10.8 Å². The number of carboxylic acids is 1. The highest BCUT2D eigenvalue weighted by Crippen LogP contribution is 2.19. The number of carbonyl (C=O) groups is 1. The van der Waals surface area contributed by atoms with E-state index in [2.05, 4.69) is 4.98 Å². The normalized spacial score (nSPS) is 10.6. The van der Waals surface area contributed by atoms with Crippen LogP contribution in [0.15, 0.2) is 24.3 Å². The lowest BCUT2D eigenvalue weighted by Crippen LogP contribution is -1.98. The summed E-state index contributed by atoms with van der Waals surface area (Å²) in [6.07, 6.45) is 0. The number of nitrogens with one attached hydrogen (secondary N) is 1. The number of benzene rings is 1. The minimum absolute atomic E-state index is 0.195. The third kappa shape index (κ3) is 1.25. The van der Waals surface area contributed by atoms with Gasteiger partial charge in [-0.3, -0.25) is 0 Å². The van der Waals surface area contributed by atoms with Crippen molar-refractivity contribution < 1.29 is 9.90 Å². The van der Waals surface area contributed by atoms with Crippen LogP contribution in [0.2, 0.25) is 0 Å². The average Bonchev–Trinajstić information content (AvgIpc) is 2.60. The molecule has 14 heavy (non-hydrogen) atoms. The molecule has 0 radical (unpaired) electrons. The highest BCUT2D eigenvalue weighted by molar-refractivity contribution is 5.94. The van der Waals surface area contributed by atoms with Gasteiger partial charge in [0, 0.05) is 11.9 Å². The molecular formula is C10H10N2O2. The van der Waals surface area contributed by atoms with Crippen LogP contribution >= 0.6 is 0 Å². The molecule has 2 rings (SSSR count). The van der Waals surface area contributed by atoms with Crippen LogP contribution in [0.5, 0.6) is 0 Å². The van der Waals surface area contributed by atoms with Crippen LogP contribution in [0.25, 0.3) is 10.9 Å². The van der Waals surface area contributed by atoms with Gasteiger partial charge in [0.2, 0.25) is 0 Å². The van der Waals surface area contributed by atoms with Crippen LogP contribution in [-0.4, -0.2) is 16.1 Å². The van der Waals surface area contributed by atoms with Gasteiger partial charge in [0.15, 0.2) is 0 Å². The Bertz CT molecular complexity index is 488. The minimum Gasteiger partial charge on any atom is -0.477 e. The Balaban J connectivity index is 2.70. The van der Waals surface area contributed by atoms with Gasteiger partial charge in [0.1, 0.15) is 5.69 Å². The lowest BCUT2D eigenvalue weighted by Gasteiger charge is -1.97. The molecule has 1 aromatic heterocycles. The first-order valence-corrected chi connectivity index (χ1v) is 4.26. The average molecular weight is 190 g/mol. The fraction of sp³-hybridized carbons (Fsp3) is 0.100. The number of nitrogens with two attached hydrogens (primary N) is 1. The quantitative estimate of drug-likeness (QED) is 0.668. The van der Waals surface area contributed by atoms with Crippen molar-refractivity contribution in [3.63, 3.8) is 0 Å². The Kier molecular flexibility index (Phi) is 1.98. The molecule has 0 fully saturated rings. The second kappa shape index (κ2) is 3.16. The van der Waals surface area contributed by atoms with Gasteiger partial charge in [-0.2, -0.15) is 0 Å². The van der Waals surface area contributed by atoms with Crippen molar-refractivity contribution in [2.45, 2.75) is 6.54 Å². The summed E-state index contributed by atoms with van der Waals surface area (Å²) >= 11 is 0. The molecule has 0 saturated carbocycles. The van der Waals surface area contributed by atoms with E-state index < -0.39 is 5.97 Å². The summed E-state index contributed by atoms with van der Waals surface area (Å²) in [5, 5.41) is 9.67. The van der Waals surface area contributed by atoms with Gasteiger partial charge in [-0.15, -0.1) is 0 Å². The number of rotatable bonds is 2. The molecule has 4 N–H and O–H groups in total. The van der Waals surface area contributed by atoms with Crippen molar-refractivity contribution in [3.8, 4) is 0 Å². The van der Waals surface area contributed by atoms with E-state index in [1.807, 2.05) is 18.2 Å². The zero-order valence-corrected chi connectivity index (χ0v) is 7.45. The molecule has 0 unspecified atom stereocenters. The first kappa shape index (κ1) is 8.77. The fourth-order valence-corrected chi connectivity index (χ4v) is 1.50. The number of para-hydroxylation sites is 1. The molecule has 0 atom stereocenters. The molecule has 0 spiro atoms. The summed E-state index contributed by atoms with van der Waals surface area (Å²) in [6.45, 7) is 0.400. The fourth-order valence-electron chi connectivity index (χ4n) is 1.50. The summed E-state index contributed by atoms with van der Waals surface area (Å²) in [5.74, 6) is -0.954. The van der Waals surface area contributed by atoms with Gasteiger partial charge in [-0.1, -0.05) is 18.2 Å². The van der Waals surface area contributed by atoms with Crippen LogP contribution in [0, 0.1) is 0 Å². The molecule has 0 aliphatic rings. The van der Waals surface area contributed by atoms with E-state index in [0.29, 0.717) is 6.54 Å². The number of hydrogen-bond donors (Lipinski definition) is 3. The topological polar surface area (TPSA) is 79.1 Å². The van der Waals surface area contributed by atoms with E-state index >= 15 is 0 Å². The van der Waals surface area contributed by atoms with Crippen molar-refractivity contribution >= 4 is 16.9 Å². The van der Waals surface area contributed by atoms with Gasteiger partial charge >= 0.3 is 5.97 Å². The molecule has 0 amide bonds. The van der Waals surface area contributed by atoms with Gasteiger partial charge in [0.05, 0.1) is 5.52 Å². The summed E-state index contributed by atoms with van der Waals surface area (Å²) in [4.78, 5) is 13.5. The van der Waals surface area contributed by atoms with Crippen LogP contribution in [-0.2, 0) is 6.54 Å². The minimum atomic E-state index is -0.954. The first-order chi connectivity index (χ1) is 6.72. The van der Waals surface area contributed by atoms with Crippen molar-refractivity contribution in [1.29, 1.82) is 0 Å². The molecule has 4 nitrogen and oxygen atoms in total. The highest BCUT2D eigenvalue weighted by Gasteiger charge is 2.08. The van der Waals surface area contributed by atoms with Crippen molar-refractivity contribution in [2.24, 2.45) is 5.73 Å². The predicted octanol–water partition coefficient (Wildman–Crippen LogP) is 1.32. The SMILES string of the molecule is NCc1cccc2cc(C(=O)O)[nH]c12. The maximum absolute atomic E-state index is 10.7. The zero-order chi connectivity index (χ0) is 10.1. The third-order valence-electron chi connectivity index (χ3n) is 2.19. The highest BCUT2D eigenvalue weighted by atomic mass is 16.4. The molecule has 1 aromatic carbocycles. The number of aromatic nitrogens is 1. The van der Waals surface area contributed by atoms with Crippen LogP contribution in [0.1, 0.15) is 16.1 Å². The number of aromatic carboxylic acids is 1. The van der Waals surface area contributed by atoms with E-state index in [9.17, 15) is 4.79 Å². The van der Waals surface area contributed by atoms with E-state index in [1.165, 1.54) is 0 Å². The molecule has 2 aromatic rings. The largest absolute Gasteiger partial charge is 0.477 e. The Morgan fingerprint density at radius 2 is 2.29 bits per heavy atom. The maximum Gasteiger partial charge on any atom is 0.352 e. The van der Waals surface area contributed by atoms with E-state index in [0.717, 1.165) is 16.5 Å². The van der Waals surface area contributed by atoms with Gasteiger partial charge < -0.3 is 15.8 Å². The number of aromatic amines is 1. The number of fused-ring (bicyclic) bond motifs is 1. The smallest absolute Gasteiger partial charge is 0.352 e. The second-order valence-electron chi connectivity index (χ2n) is 3.07.